The van der Waals surface area contributed by atoms with E-state index >= 15 is 0 Å². The van der Waals surface area contributed by atoms with Gasteiger partial charge in [0, 0.05) is 12.4 Å². The van der Waals surface area contributed by atoms with E-state index in [4.69, 9.17) is 9.15 Å². The summed E-state index contributed by atoms with van der Waals surface area (Å²) in [6.07, 6.45) is 0. The van der Waals surface area contributed by atoms with E-state index in [-0.39, 0.29) is 17.2 Å². The van der Waals surface area contributed by atoms with E-state index in [1.54, 1.807) is 43.5 Å². The molecule has 5 heteroatoms. The summed E-state index contributed by atoms with van der Waals surface area (Å²) in [4.78, 5) is 12.3. The van der Waals surface area contributed by atoms with Gasteiger partial charge in [-0.1, -0.05) is 12.1 Å². The SMILES string of the molecule is CNC(=O)c1c(-c2ccccc2F)oc2ccc(OC)cc12. The third kappa shape index (κ3) is 2.20. The van der Waals surface area contributed by atoms with Crippen LogP contribution in [0.15, 0.2) is 46.9 Å². The lowest BCUT2D eigenvalue weighted by Crippen LogP contribution is -2.18. The molecule has 2 aromatic carbocycles. The van der Waals surface area contributed by atoms with Gasteiger partial charge < -0.3 is 14.5 Å². The highest BCUT2D eigenvalue weighted by Gasteiger charge is 2.23. The highest BCUT2D eigenvalue weighted by atomic mass is 19.1. The third-order valence-electron chi connectivity index (χ3n) is 3.47. The number of carbonyl (C=O) groups excluding carboxylic acids is 1. The Morgan fingerprint density at radius 3 is 2.68 bits per heavy atom. The molecular formula is C17H14FNO3. The Kier molecular flexibility index (Phi) is 3.55. The second kappa shape index (κ2) is 5.52. The molecule has 1 amide bonds. The van der Waals surface area contributed by atoms with E-state index in [9.17, 15) is 9.18 Å². The molecule has 0 saturated heterocycles. The van der Waals surface area contributed by atoms with Crippen LogP contribution in [0.4, 0.5) is 4.39 Å². The Labute approximate surface area is 126 Å². The van der Waals surface area contributed by atoms with Gasteiger partial charge in [-0.05, 0) is 30.3 Å². The first-order chi connectivity index (χ1) is 10.7. The quantitative estimate of drug-likeness (QED) is 0.804. The van der Waals surface area contributed by atoms with Gasteiger partial charge in [-0.25, -0.2) is 4.39 Å². The van der Waals surface area contributed by atoms with E-state index < -0.39 is 5.82 Å². The molecule has 0 aliphatic carbocycles. The van der Waals surface area contributed by atoms with Crippen molar-refractivity contribution in [3.8, 4) is 17.1 Å². The lowest BCUT2D eigenvalue weighted by atomic mass is 10.0. The molecule has 0 atom stereocenters. The standard InChI is InChI=1S/C17H14FNO3/c1-19-17(20)15-12-9-10(21-2)7-8-14(12)22-16(15)11-5-3-4-6-13(11)18/h3-9H,1-2H3,(H,19,20). The number of furan rings is 1. The van der Waals surface area contributed by atoms with Crippen molar-refractivity contribution < 1.29 is 18.3 Å². The molecule has 1 N–H and O–H groups in total. The minimum atomic E-state index is -0.446. The number of halogens is 1. The predicted molar refractivity (Wildman–Crippen MR) is 81.6 cm³/mol. The van der Waals surface area contributed by atoms with Crippen LogP contribution in [0.3, 0.4) is 0 Å². The second-order valence-electron chi connectivity index (χ2n) is 4.73. The Morgan fingerprint density at radius 2 is 2.00 bits per heavy atom. The van der Waals surface area contributed by atoms with Crippen molar-refractivity contribution in [3.63, 3.8) is 0 Å². The van der Waals surface area contributed by atoms with E-state index in [1.165, 1.54) is 13.1 Å². The normalized spacial score (nSPS) is 10.7. The van der Waals surface area contributed by atoms with Crippen molar-refractivity contribution in [2.45, 2.75) is 0 Å². The van der Waals surface area contributed by atoms with Gasteiger partial charge in [0.15, 0.2) is 5.76 Å². The highest BCUT2D eigenvalue weighted by molar-refractivity contribution is 6.11. The number of ether oxygens (including phenoxy) is 1. The van der Waals surface area contributed by atoms with E-state index in [0.717, 1.165) is 0 Å². The average Bonchev–Trinajstić information content (AvgIpc) is 2.92. The van der Waals surface area contributed by atoms with E-state index in [0.29, 0.717) is 22.3 Å². The largest absolute Gasteiger partial charge is 0.497 e. The molecule has 4 nitrogen and oxygen atoms in total. The number of fused-ring (bicyclic) bond motifs is 1. The molecular weight excluding hydrogens is 285 g/mol. The van der Waals surface area contributed by atoms with Crippen LogP contribution < -0.4 is 10.1 Å². The number of nitrogens with one attached hydrogen (secondary N) is 1. The number of benzene rings is 2. The number of methoxy groups -OCH3 is 1. The van der Waals surface area contributed by atoms with Crippen molar-refractivity contribution in [1.29, 1.82) is 0 Å². The first-order valence-electron chi connectivity index (χ1n) is 6.73. The zero-order valence-electron chi connectivity index (χ0n) is 12.1. The van der Waals surface area contributed by atoms with Crippen LogP contribution in [0.5, 0.6) is 5.75 Å². The number of carbonyl (C=O) groups is 1. The van der Waals surface area contributed by atoms with Gasteiger partial charge in [0.1, 0.15) is 17.1 Å². The summed E-state index contributed by atoms with van der Waals surface area (Å²) < 4.78 is 25.0. The van der Waals surface area contributed by atoms with Crippen molar-refractivity contribution >= 4 is 16.9 Å². The topological polar surface area (TPSA) is 51.5 Å². The molecule has 0 radical (unpaired) electrons. The maximum Gasteiger partial charge on any atom is 0.255 e. The zero-order chi connectivity index (χ0) is 15.7. The molecule has 0 bridgehead atoms. The Bertz CT molecular complexity index is 854. The third-order valence-corrected chi connectivity index (χ3v) is 3.47. The summed E-state index contributed by atoms with van der Waals surface area (Å²) in [6, 6.07) is 11.3. The van der Waals surface area contributed by atoms with Crippen LogP contribution >= 0.6 is 0 Å². The Morgan fingerprint density at radius 1 is 1.23 bits per heavy atom. The summed E-state index contributed by atoms with van der Waals surface area (Å²) in [6.45, 7) is 0. The van der Waals surface area contributed by atoms with E-state index in [1.807, 2.05) is 0 Å². The molecule has 22 heavy (non-hydrogen) atoms. The predicted octanol–water partition coefficient (Wildman–Crippen LogP) is 3.61. The van der Waals surface area contributed by atoms with Crippen LogP contribution in [0, 0.1) is 5.82 Å². The summed E-state index contributed by atoms with van der Waals surface area (Å²) in [5.41, 5.74) is 1.04. The molecule has 3 rings (SSSR count). The summed E-state index contributed by atoms with van der Waals surface area (Å²) in [7, 11) is 3.06. The van der Waals surface area contributed by atoms with Crippen LogP contribution in [0.25, 0.3) is 22.3 Å². The minimum Gasteiger partial charge on any atom is -0.497 e. The molecule has 112 valence electrons. The van der Waals surface area contributed by atoms with Gasteiger partial charge in [0.05, 0.1) is 18.2 Å². The molecule has 1 heterocycles. The fourth-order valence-electron chi connectivity index (χ4n) is 2.39. The summed E-state index contributed by atoms with van der Waals surface area (Å²) in [5.74, 6) is 0.0168. The molecule has 0 saturated carbocycles. The first-order valence-corrected chi connectivity index (χ1v) is 6.73. The zero-order valence-corrected chi connectivity index (χ0v) is 12.1. The lowest BCUT2D eigenvalue weighted by Gasteiger charge is -2.03. The van der Waals surface area contributed by atoms with Crippen LogP contribution in [0.2, 0.25) is 0 Å². The fraction of sp³-hybridized carbons (Fsp3) is 0.118. The second-order valence-corrected chi connectivity index (χ2v) is 4.73. The van der Waals surface area contributed by atoms with Gasteiger partial charge in [-0.3, -0.25) is 4.79 Å². The van der Waals surface area contributed by atoms with Gasteiger partial charge in [-0.2, -0.15) is 0 Å². The summed E-state index contributed by atoms with van der Waals surface area (Å²) >= 11 is 0. The minimum absolute atomic E-state index is 0.209. The van der Waals surface area contributed by atoms with Gasteiger partial charge in [-0.15, -0.1) is 0 Å². The molecule has 0 fully saturated rings. The smallest absolute Gasteiger partial charge is 0.255 e. The maximum absolute atomic E-state index is 14.1. The maximum atomic E-state index is 14.1. The number of hydrogen-bond acceptors (Lipinski definition) is 3. The van der Waals surface area contributed by atoms with Crippen molar-refractivity contribution in [3.05, 3.63) is 53.8 Å². The molecule has 3 aromatic rings. The molecule has 0 aliphatic heterocycles. The van der Waals surface area contributed by atoms with Crippen LogP contribution in [-0.4, -0.2) is 20.1 Å². The fourth-order valence-corrected chi connectivity index (χ4v) is 2.39. The molecule has 0 spiro atoms. The van der Waals surface area contributed by atoms with Crippen molar-refractivity contribution in [2.75, 3.05) is 14.2 Å². The summed E-state index contributed by atoms with van der Waals surface area (Å²) in [5, 5.41) is 3.14. The average molecular weight is 299 g/mol. The number of amides is 1. The van der Waals surface area contributed by atoms with Gasteiger partial charge in [0.2, 0.25) is 0 Å². The molecule has 0 aliphatic rings. The Hall–Kier alpha value is -2.82. The van der Waals surface area contributed by atoms with Crippen molar-refractivity contribution in [1.82, 2.24) is 5.32 Å². The first kappa shape index (κ1) is 14.1. The molecule has 0 unspecified atom stereocenters. The Balaban J connectivity index is 2.34. The van der Waals surface area contributed by atoms with Gasteiger partial charge in [0.25, 0.3) is 5.91 Å². The number of hydrogen-bond donors (Lipinski definition) is 1. The lowest BCUT2D eigenvalue weighted by molar-refractivity contribution is 0.0964. The number of rotatable bonds is 3. The van der Waals surface area contributed by atoms with Crippen LogP contribution in [0.1, 0.15) is 10.4 Å². The highest BCUT2D eigenvalue weighted by Crippen LogP contribution is 2.36. The monoisotopic (exact) mass is 299 g/mol. The van der Waals surface area contributed by atoms with Crippen LogP contribution in [-0.2, 0) is 0 Å². The van der Waals surface area contributed by atoms with E-state index in [2.05, 4.69) is 5.32 Å². The van der Waals surface area contributed by atoms with Crippen molar-refractivity contribution in [2.24, 2.45) is 0 Å². The van der Waals surface area contributed by atoms with Gasteiger partial charge >= 0.3 is 0 Å². The molecule has 1 aromatic heterocycles.